The van der Waals surface area contributed by atoms with Gasteiger partial charge in [0.25, 0.3) is 5.91 Å². The quantitative estimate of drug-likeness (QED) is 0.266. The summed E-state index contributed by atoms with van der Waals surface area (Å²) in [5, 5.41) is 1.11. The van der Waals surface area contributed by atoms with Gasteiger partial charge in [-0.2, -0.15) is 0 Å². The Hall–Kier alpha value is -4.18. The Morgan fingerprint density at radius 3 is 2.81 bits per heavy atom. The van der Waals surface area contributed by atoms with Crippen LogP contribution in [0.3, 0.4) is 0 Å². The van der Waals surface area contributed by atoms with Gasteiger partial charge in [0.15, 0.2) is 5.82 Å². The van der Waals surface area contributed by atoms with Gasteiger partial charge < -0.3 is 29.1 Å². The van der Waals surface area contributed by atoms with Crippen LogP contribution in [0.25, 0.3) is 33.5 Å². The Morgan fingerprint density at radius 2 is 2.05 bits per heavy atom. The summed E-state index contributed by atoms with van der Waals surface area (Å²) in [5.41, 5.74) is 11.3. The summed E-state index contributed by atoms with van der Waals surface area (Å²) in [6, 6.07) is 11.7. The highest BCUT2D eigenvalue weighted by atomic mass is 19.1. The van der Waals surface area contributed by atoms with Gasteiger partial charge in [-0.1, -0.05) is 12.1 Å². The molecule has 4 heterocycles. The number of carbonyl (C=O) groups excluding carboxylic acids is 1. The van der Waals surface area contributed by atoms with Crippen molar-refractivity contribution in [2.45, 2.75) is 51.4 Å². The molecular weight excluding hydrogens is 533 g/mol. The number of ether oxygens (including phenoxy) is 1. The third kappa shape index (κ3) is 4.83. The molecular formula is C32H36FN7O2. The lowest BCUT2D eigenvalue weighted by atomic mass is 9.97. The number of aromatic nitrogens is 5. The first-order valence-corrected chi connectivity index (χ1v) is 14.7. The van der Waals surface area contributed by atoms with E-state index in [-0.39, 0.29) is 18.6 Å². The number of para-hydroxylation sites is 1. The van der Waals surface area contributed by atoms with E-state index in [0.717, 1.165) is 51.3 Å². The monoisotopic (exact) mass is 569 g/mol. The average Bonchev–Trinajstić information content (AvgIpc) is 3.36. The standard InChI is InChI=1S/C32H36FN7O2/c1-20(16-38-11-9-35-19-38)42-29-5-3-4-23-13-28(40(30(23)29)17-21-6-7-21)31-36-26-14-25-22(12-27(26)37(31)2)8-10-39(32(25)41)18-24(34)15-33/h3-5,9,11-14,19-21,24H,6-8,10,15-18,34H2,1-2H3/t20-,24-/m1/s1. The van der Waals surface area contributed by atoms with Crippen molar-refractivity contribution in [1.82, 2.24) is 28.6 Å². The Balaban J connectivity index is 1.28. The molecule has 42 heavy (non-hydrogen) atoms. The molecule has 1 amide bonds. The largest absolute Gasteiger partial charge is 0.487 e. The molecule has 2 aliphatic rings. The molecule has 5 aromatic rings. The molecule has 0 unspecified atom stereocenters. The highest BCUT2D eigenvalue weighted by Gasteiger charge is 2.29. The van der Waals surface area contributed by atoms with Crippen LogP contribution in [0, 0.1) is 5.92 Å². The molecule has 0 saturated heterocycles. The lowest BCUT2D eigenvalue weighted by Gasteiger charge is -2.30. The van der Waals surface area contributed by atoms with E-state index in [9.17, 15) is 9.18 Å². The fourth-order valence-electron chi connectivity index (χ4n) is 6.21. The van der Waals surface area contributed by atoms with Crippen molar-refractivity contribution in [3.05, 3.63) is 66.2 Å². The first-order valence-electron chi connectivity index (χ1n) is 14.7. The molecule has 2 aromatic carbocycles. The number of amides is 1. The number of alkyl halides is 1. The van der Waals surface area contributed by atoms with Gasteiger partial charge in [-0.05, 0) is 61.9 Å². The van der Waals surface area contributed by atoms with Crippen molar-refractivity contribution >= 4 is 27.8 Å². The van der Waals surface area contributed by atoms with Crippen LogP contribution in [0.4, 0.5) is 4.39 Å². The number of aryl methyl sites for hydroxylation is 1. The molecule has 9 nitrogen and oxygen atoms in total. The Labute approximate surface area is 243 Å². The van der Waals surface area contributed by atoms with Gasteiger partial charge >= 0.3 is 0 Å². The fourth-order valence-corrected chi connectivity index (χ4v) is 6.21. The van der Waals surface area contributed by atoms with Crippen LogP contribution in [0.15, 0.2) is 55.1 Å². The molecule has 2 atom stereocenters. The van der Waals surface area contributed by atoms with Crippen LogP contribution in [-0.2, 0) is 26.6 Å². The van der Waals surface area contributed by atoms with E-state index in [4.69, 9.17) is 15.5 Å². The van der Waals surface area contributed by atoms with E-state index in [1.54, 1.807) is 11.1 Å². The summed E-state index contributed by atoms with van der Waals surface area (Å²) < 4.78 is 26.1. The molecule has 0 bridgehead atoms. The van der Waals surface area contributed by atoms with E-state index in [2.05, 4.69) is 45.3 Å². The summed E-state index contributed by atoms with van der Waals surface area (Å²) in [7, 11) is 2.04. The number of carbonyl (C=O) groups is 1. The zero-order valence-electron chi connectivity index (χ0n) is 24.0. The summed E-state index contributed by atoms with van der Waals surface area (Å²) in [6.45, 7) is 3.79. The average molecular weight is 570 g/mol. The highest BCUT2D eigenvalue weighted by molar-refractivity contribution is 6.01. The summed E-state index contributed by atoms with van der Waals surface area (Å²) in [5.74, 6) is 2.24. The Morgan fingerprint density at radius 1 is 1.19 bits per heavy atom. The van der Waals surface area contributed by atoms with Crippen LogP contribution >= 0.6 is 0 Å². The van der Waals surface area contributed by atoms with Crippen LogP contribution in [0.5, 0.6) is 5.75 Å². The van der Waals surface area contributed by atoms with Crippen molar-refractivity contribution in [2.24, 2.45) is 18.7 Å². The summed E-state index contributed by atoms with van der Waals surface area (Å²) in [4.78, 5) is 24.2. The number of imidazole rings is 2. The van der Waals surface area contributed by atoms with Crippen molar-refractivity contribution in [3.8, 4) is 17.3 Å². The smallest absolute Gasteiger partial charge is 0.254 e. The fraction of sp³-hybridized carbons (Fsp3) is 0.406. The summed E-state index contributed by atoms with van der Waals surface area (Å²) >= 11 is 0. The van der Waals surface area contributed by atoms with Gasteiger partial charge in [-0.15, -0.1) is 0 Å². The predicted octanol–water partition coefficient (Wildman–Crippen LogP) is 4.56. The highest BCUT2D eigenvalue weighted by Crippen LogP contribution is 2.39. The predicted molar refractivity (Wildman–Crippen MR) is 160 cm³/mol. The molecule has 218 valence electrons. The van der Waals surface area contributed by atoms with Crippen LogP contribution in [0.2, 0.25) is 0 Å². The zero-order chi connectivity index (χ0) is 29.0. The summed E-state index contributed by atoms with van der Waals surface area (Å²) in [6.07, 6.45) is 8.64. The Kier molecular flexibility index (Phi) is 6.73. The second-order valence-corrected chi connectivity index (χ2v) is 11.9. The van der Waals surface area contributed by atoms with Gasteiger partial charge in [0, 0.05) is 50.0 Å². The second-order valence-electron chi connectivity index (χ2n) is 11.9. The number of hydrogen-bond donors (Lipinski definition) is 1. The third-order valence-electron chi connectivity index (χ3n) is 8.53. The van der Waals surface area contributed by atoms with Crippen molar-refractivity contribution < 1.29 is 13.9 Å². The van der Waals surface area contributed by atoms with E-state index < -0.39 is 12.7 Å². The van der Waals surface area contributed by atoms with Crippen molar-refractivity contribution in [1.29, 1.82) is 0 Å². The molecule has 1 fully saturated rings. The number of fused-ring (bicyclic) bond motifs is 3. The molecule has 0 radical (unpaired) electrons. The maximum atomic E-state index is 13.3. The first-order chi connectivity index (χ1) is 20.4. The number of benzene rings is 2. The topological polar surface area (TPSA) is 96.1 Å². The maximum Gasteiger partial charge on any atom is 0.254 e. The van der Waals surface area contributed by atoms with Crippen LogP contribution in [0.1, 0.15) is 35.7 Å². The molecule has 2 N–H and O–H groups in total. The van der Waals surface area contributed by atoms with Gasteiger partial charge in [-0.3, -0.25) is 4.79 Å². The lowest BCUT2D eigenvalue weighted by Crippen LogP contribution is -2.45. The molecule has 1 aliphatic heterocycles. The van der Waals surface area contributed by atoms with Crippen LogP contribution < -0.4 is 10.5 Å². The number of hydrogen-bond acceptors (Lipinski definition) is 5. The minimum Gasteiger partial charge on any atom is -0.487 e. The van der Waals surface area contributed by atoms with E-state index in [0.29, 0.717) is 31.0 Å². The molecule has 0 spiro atoms. The SMILES string of the molecule is C[C@H](Cn1ccnc1)Oc1cccc2cc(-c3nc4cc5c(cc4n3C)CCN(C[C@H](N)CF)C5=O)n(CC3CC3)c12. The first kappa shape index (κ1) is 26.7. The molecule has 10 heteroatoms. The normalized spacial score (nSPS) is 16.8. The number of nitrogens with two attached hydrogens (primary N) is 1. The van der Waals surface area contributed by atoms with E-state index in [1.165, 1.54) is 12.8 Å². The van der Waals surface area contributed by atoms with E-state index in [1.807, 2.05) is 36.3 Å². The molecule has 1 aliphatic carbocycles. The zero-order valence-corrected chi connectivity index (χ0v) is 24.0. The van der Waals surface area contributed by atoms with Gasteiger partial charge in [0.1, 0.15) is 18.5 Å². The number of nitrogens with zero attached hydrogens (tertiary/aromatic N) is 6. The van der Waals surface area contributed by atoms with Gasteiger partial charge in [0.05, 0.1) is 41.2 Å². The second kappa shape index (κ2) is 10.6. The lowest BCUT2D eigenvalue weighted by molar-refractivity contribution is 0.0725. The van der Waals surface area contributed by atoms with Crippen molar-refractivity contribution in [2.75, 3.05) is 19.8 Å². The molecule has 1 saturated carbocycles. The Bertz CT molecular complexity index is 1770. The number of halogens is 1. The van der Waals surface area contributed by atoms with Crippen molar-refractivity contribution in [3.63, 3.8) is 0 Å². The third-order valence-corrected chi connectivity index (χ3v) is 8.53. The number of rotatable bonds is 10. The minimum atomic E-state index is -0.670. The van der Waals surface area contributed by atoms with Gasteiger partial charge in [0.2, 0.25) is 0 Å². The maximum absolute atomic E-state index is 13.3. The molecule has 7 rings (SSSR count). The minimum absolute atomic E-state index is 0.0452. The van der Waals surface area contributed by atoms with Gasteiger partial charge in [-0.25, -0.2) is 14.4 Å². The van der Waals surface area contributed by atoms with E-state index >= 15 is 0 Å². The molecule has 3 aromatic heterocycles. The van der Waals surface area contributed by atoms with Crippen LogP contribution in [-0.4, -0.2) is 66.4 Å².